The van der Waals surface area contributed by atoms with Gasteiger partial charge < -0.3 is 10.2 Å². The summed E-state index contributed by atoms with van der Waals surface area (Å²) in [6.45, 7) is -0.153. The zero-order chi connectivity index (χ0) is 27.3. The van der Waals surface area contributed by atoms with Gasteiger partial charge in [-0.15, -0.1) is 0 Å². The van der Waals surface area contributed by atoms with Crippen LogP contribution in [0.3, 0.4) is 0 Å². The summed E-state index contributed by atoms with van der Waals surface area (Å²) in [4.78, 5) is 38.9. The fourth-order valence-corrected chi connectivity index (χ4v) is 6.12. The van der Waals surface area contributed by atoms with Crippen LogP contribution in [0, 0.1) is 0 Å². The SMILES string of the molecule is O=C(NCC(=O)N1CCS(=O)(=O)CC1)c1ccc(S(=O)(=O)Nc2ccccc2C(=O)c2ccccc2)cc1. The number of sulfonamides is 1. The number of nitrogens with zero attached hydrogens (tertiary/aromatic N) is 1. The molecular formula is C26H25N3O7S2. The number of nitrogens with one attached hydrogen (secondary N) is 2. The van der Waals surface area contributed by atoms with Gasteiger partial charge in [0.15, 0.2) is 15.6 Å². The first kappa shape index (κ1) is 27.0. The van der Waals surface area contributed by atoms with Crippen LogP contribution in [0.25, 0.3) is 0 Å². The summed E-state index contributed by atoms with van der Waals surface area (Å²) < 4.78 is 51.5. The van der Waals surface area contributed by atoms with Crippen molar-refractivity contribution >= 4 is 43.1 Å². The summed E-state index contributed by atoms with van der Waals surface area (Å²) in [5.41, 5.74) is 0.859. The number of sulfone groups is 1. The molecule has 2 amide bonds. The topological polar surface area (TPSA) is 147 Å². The van der Waals surface area contributed by atoms with E-state index in [4.69, 9.17) is 0 Å². The lowest BCUT2D eigenvalue weighted by Gasteiger charge is -2.26. The lowest BCUT2D eigenvalue weighted by Crippen LogP contribution is -2.47. The highest BCUT2D eigenvalue weighted by molar-refractivity contribution is 7.92. The molecule has 1 heterocycles. The number of anilines is 1. The molecule has 0 spiro atoms. The predicted octanol–water partition coefficient (Wildman–Crippen LogP) is 1.71. The van der Waals surface area contributed by atoms with Gasteiger partial charge in [-0.05, 0) is 36.4 Å². The lowest BCUT2D eigenvalue weighted by molar-refractivity contribution is -0.129. The largest absolute Gasteiger partial charge is 0.343 e. The second-order valence-corrected chi connectivity index (χ2v) is 12.6. The first-order valence-corrected chi connectivity index (χ1v) is 14.9. The Balaban J connectivity index is 1.40. The van der Waals surface area contributed by atoms with E-state index in [0.29, 0.717) is 5.56 Å². The van der Waals surface area contributed by atoms with Crippen LogP contribution in [0.1, 0.15) is 26.3 Å². The molecular weight excluding hydrogens is 530 g/mol. The van der Waals surface area contributed by atoms with Gasteiger partial charge in [0, 0.05) is 29.8 Å². The average Bonchev–Trinajstić information content (AvgIpc) is 2.92. The molecule has 0 unspecified atom stereocenters. The number of benzene rings is 3. The van der Waals surface area contributed by atoms with Crippen LogP contribution in [0.5, 0.6) is 0 Å². The van der Waals surface area contributed by atoms with Crippen LogP contribution in [-0.4, -0.2) is 70.5 Å². The Labute approximate surface area is 220 Å². The van der Waals surface area contributed by atoms with E-state index in [1.54, 1.807) is 42.5 Å². The number of hydrogen-bond acceptors (Lipinski definition) is 7. The molecule has 12 heteroatoms. The third kappa shape index (κ3) is 6.45. The van der Waals surface area contributed by atoms with E-state index in [1.165, 1.54) is 41.3 Å². The van der Waals surface area contributed by atoms with E-state index < -0.39 is 31.7 Å². The highest BCUT2D eigenvalue weighted by Crippen LogP contribution is 2.23. The van der Waals surface area contributed by atoms with Crippen molar-refractivity contribution in [2.75, 3.05) is 35.9 Å². The predicted molar refractivity (Wildman–Crippen MR) is 141 cm³/mol. The fourth-order valence-electron chi connectivity index (χ4n) is 3.84. The molecule has 38 heavy (non-hydrogen) atoms. The van der Waals surface area contributed by atoms with Gasteiger partial charge in [-0.25, -0.2) is 16.8 Å². The van der Waals surface area contributed by atoms with Gasteiger partial charge in [0.2, 0.25) is 5.91 Å². The second kappa shape index (κ2) is 11.2. The summed E-state index contributed by atoms with van der Waals surface area (Å²) in [5, 5.41) is 2.47. The summed E-state index contributed by atoms with van der Waals surface area (Å²) in [6.07, 6.45) is 0. The van der Waals surface area contributed by atoms with Crippen molar-refractivity contribution in [2.45, 2.75) is 4.90 Å². The maximum absolute atomic E-state index is 13.0. The van der Waals surface area contributed by atoms with Gasteiger partial charge in [-0.1, -0.05) is 42.5 Å². The standard InChI is InChI=1S/C26H25N3O7S2/c30-24(29-14-16-37(33,34)17-15-29)18-27-26(32)20-10-12-21(13-11-20)38(35,36)28-23-9-5-4-8-22(23)25(31)19-6-2-1-3-7-19/h1-13,28H,14-18H2,(H,27,32). The monoisotopic (exact) mass is 555 g/mol. The molecule has 3 aromatic carbocycles. The molecule has 0 aliphatic carbocycles. The first-order chi connectivity index (χ1) is 18.1. The highest BCUT2D eigenvalue weighted by atomic mass is 32.2. The summed E-state index contributed by atoms with van der Waals surface area (Å²) in [5.74, 6) is -1.54. The van der Waals surface area contributed by atoms with Gasteiger partial charge in [-0.2, -0.15) is 0 Å². The van der Waals surface area contributed by atoms with Crippen molar-refractivity contribution in [2.24, 2.45) is 0 Å². The molecule has 0 aromatic heterocycles. The number of ketones is 1. The summed E-state index contributed by atoms with van der Waals surface area (Å²) >= 11 is 0. The van der Waals surface area contributed by atoms with Crippen molar-refractivity contribution in [3.8, 4) is 0 Å². The van der Waals surface area contributed by atoms with Crippen molar-refractivity contribution < 1.29 is 31.2 Å². The maximum Gasteiger partial charge on any atom is 0.261 e. The molecule has 1 saturated heterocycles. The minimum atomic E-state index is -4.09. The zero-order valence-electron chi connectivity index (χ0n) is 20.2. The van der Waals surface area contributed by atoms with Crippen LogP contribution >= 0.6 is 0 Å². The molecule has 1 aliphatic heterocycles. The van der Waals surface area contributed by atoms with Crippen LogP contribution in [0.2, 0.25) is 0 Å². The molecule has 4 rings (SSSR count). The molecule has 0 atom stereocenters. The Morgan fingerprint density at radius 2 is 1.39 bits per heavy atom. The zero-order valence-corrected chi connectivity index (χ0v) is 21.8. The number of carbonyl (C=O) groups is 3. The normalized spacial score (nSPS) is 14.9. The minimum Gasteiger partial charge on any atom is -0.343 e. The third-order valence-electron chi connectivity index (χ3n) is 5.98. The molecule has 198 valence electrons. The Hall–Kier alpha value is -4.03. The van der Waals surface area contributed by atoms with Gasteiger partial charge in [0.25, 0.3) is 15.9 Å². The van der Waals surface area contributed by atoms with Gasteiger partial charge in [0.05, 0.1) is 28.6 Å². The molecule has 1 fully saturated rings. The van der Waals surface area contributed by atoms with Crippen LogP contribution in [0.15, 0.2) is 83.8 Å². The number of rotatable bonds is 8. The Kier molecular flexibility index (Phi) is 7.93. The highest BCUT2D eigenvalue weighted by Gasteiger charge is 2.25. The fraction of sp³-hybridized carbons (Fsp3) is 0.192. The van der Waals surface area contributed by atoms with E-state index in [0.717, 1.165) is 0 Å². The summed E-state index contributed by atoms with van der Waals surface area (Å²) in [6, 6.07) is 19.9. The smallest absolute Gasteiger partial charge is 0.261 e. The Morgan fingerprint density at radius 3 is 2.05 bits per heavy atom. The molecule has 0 saturated carbocycles. The molecule has 0 bridgehead atoms. The Bertz CT molecular complexity index is 1560. The third-order valence-corrected chi connectivity index (χ3v) is 8.97. The Morgan fingerprint density at radius 1 is 0.789 bits per heavy atom. The van der Waals surface area contributed by atoms with Crippen molar-refractivity contribution in [3.05, 3.63) is 95.6 Å². The van der Waals surface area contributed by atoms with E-state index in [9.17, 15) is 31.2 Å². The molecule has 1 aliphatic rings. The van der Waals surface area contributed by atoms with Gasteiger partial charge >= 0.3 is 0 Å². The molecule has 0 radical (unpaired) electrons. The molecule has 3 aromatic rings. The second-order valence-electron chi connectivity index (χ2n) is 8.59. The average molecular weight is 556 g/mol. The van der Waals surface area contributed by atoms with E-state index in [-0.39, 0.29) is 58.6 Å². The van der Waals surface area contributed by atoms with Crippen molar-refractivity contribution in [1.82, 2.24) is 10.2 Å². The number of carbonyl (C=O) groups excluding carboxylic acids is 3. The van der Waals surface area contributed by atoms with Gasteiger partial charge in [-0.3, -0.25) is 19.1 Å². The van der Waals surface area contributed by atoms with Crippen LogP contribution < -0.4 is 10.0 Å². The first-order valence-electron chi connectivity index (χ1n) is 11.6. The number of hydrogen-bond donors (Lipinski definition) is 2. The van der Waals surface area contributed by atoms with E-state index in [1.807, 2.05) is 0 Å². The maximum atomic E-state index is 13.0. The van der Waals surface area contributed by atoms with Crippen molar-refractivity contribution in [3.63, 3.8) is 0 Å². The quantitative estimate of drug-likeness (QED) is 0.402. The van der Waals surface area contributed by atoms with E-state index in [2.05, 4.69) is 10.0 Å². The summed E-state index contributed by atoms with van der Waals surface area (Å²) in [7, 11) is -7.22. The van der Waals surface area contributed by atoms with Crippen molar-refractivity contribution in [1.29, 1.82) is 0 Å². The van der Waals surface area contributed by atoms with Gasteiger partial charge in [0.1, 0.15) is 0 Å². The van der Waals surface area contributed by atoms with E-state index >= 15 is 0 Å². The molecule has 10 nitrogen and oxygen atoms in total. The number of amides is 2. The van der Waals surface area contributed by atoms with Crippen LogP contribution in [-0.2, 0) is 24.7 Å². The lowest BCUT2D eigenvalue weighted by atomic mass is 10.0. The molecule has 2 N–H and O–H groups in total. The number of para-hydroxylation sites is 1. The minimum absolute atomic E-state index is 0.0800. The van der Waals surface area contributed by atoms with Crippen LogP contribution in [0.4, 0.5) is 5.69 Å².